The Kier molecular flexibility index (Phi) is 16.3. The van der Waals surface area contributed by atoms with Crippen LogP contribution in [0.15, 0.2) is 36.4 Å². The molecule has 1 heterocycles. The van der Waals surface area contributed by atoms with Gasteiger partial charge in [-0.15, -0.1) is 0 Å². The minimum Gasteiger partial charge on any atom is -0.445 e. The number of ether oxygens (including phenoxy) is 1. The molecule has 0 saturated carbocycles. The van der Waals surface area contributed by atoms with Crippen LogP contribution in [0.3, 0.4) is 0 Å². The van der Waals surface area contributed by atoms with Crippen LogP contribution in [0, 0.1) is 5.92 Å². The second-order valence-corrected chi connectivity index (χ2v) is 11.6. The quantitative estimate of drug-likeness (QED) is 0.0600. The normalized spacial score (nSPS) is 13.4. The van der Waals surface area contributed by atoms with Crippen molar-refractivity contribution < 1.29 is 43.1 Å². The van der Waals surface area contributed by atoms with E-state index >= 15 is 0 Å². The van der Waals surface area contributed by atoms with E-state index in [2.05, 4.69) is 26.6 Å². The van der Waals surface area contributed by atoms with E-state index in [1.807, 2.05) is 0 Å². The lowest BCUT2D eigenvalue weighted by Crippen LogP contribution is -2.54. The molecule has 1 aromatic carbocycles. The van der Waals surface area contributed by atoms with Crippen LogP contribution in [-0.2, 0) is 40.1 Å². The fourth-order valence-corrected chi connectivity index (χ4v) is 4.52. The number of amides is 8. The topological polar surface area (TPSA) is 235 Å². The van der Waals surface area contributed by atoms with Gasteiger partial charge >= 0.3 is 12.1 Å². The number of benzene rings is 1. The number of primary amides is 1. The number of carbonyl (C=O) groups is 8. The van der Waals surface area contributed by atoms with E-state index < -0.39 is 36.0 Å². The molecule has 16 nitrogen and oxygen atoms in total. The molecule has 2 atom stereocenters. The van der Waals surface area contributed by atoms with Crippen LogP contribution in [0.5, 0.6) is 0 Å². The lowest BCUT2D eigenvalue weighted by molar-refractivity contribution is -0.137. The van der Waals surface area contributed by atoms with Crippen LogP contribution in [0.4, 0.5) is 15.3 Å². The highest BCUT2D eigenvalue weighted by Crippen LogP contribution is 2.13. The van der Waals surface area contributed by atoms with Gasteiger partial charge in [0.05, 0.1) is 6.54 Å². The SMILES string of the molecule is BC(=O)CNC(=O)OCc1ccc(NC(=O)[C@H](CCCNC(N)=O)NC(=O)C(NC(=O)CCCCCN2C(=O)C=CC2=O)C(C)C)cc1. The molecule has 0 aliphatic carbocycles. The molecule has 0 radical (unpaired) electrons. The number of nitrogens with two attached hydrogens (primary N) is 1. The summed E-state index contributed by atoms with van der Waals surface area (Å²) in [5, 5.41) is 12.9. The highest BCUT2D eigenvalue weighted by molar-refractivity contribution is 6.58. The summed E-state index contributed by atoms with van der Waals surface area (Å²) in [4.78, 5) is 97.5. The molecule has 1 aromatic rings. The zero-order valence-electron chi connectivity index (χ0n) is 27.5. The van der Waals surface area contributed by atoms with Gasteiger partial charge in [0.25, 0.3) is 11.8 Å². The van der Waals surface area contributed by atoms with Gasteiger partial charge in [-0.05, 0) is 49.3 Å². The largest absolute Gasteiger partial charge is 0.445 e. The van der Waals surface area contributed by atoms with E-state index in [4.69, 9.17) is 10.5 Å². The maximum absolute atomic E-state index is 13.3. The Balaban J connectivity index is 1.93. The van der Waals surface area contributed by atoms with Gasteiger partial charge < -0.3 is 41.8 Å². The van der Waals surface area contributed by atoms with Gasteiger partial charge in [0, 0.05) is 37.3 Å². The molecular weight excluding hydrogens is 625 g/mol. The van der Waals surface area contributed by atoms with Gasteiger partial charge in [-0.25, -0.2) is 9.59 Å². The molecule has 2 rings (SSSR count). The number of carbonyl (C=O) groups excluding carboxylic acids is 8. The monoisotopic (exact) mass is 669 g/mol. The van der Waals surface area contributed by atoms with Crippen LogP contribution >= 0.6 is 0 Å². The molecule has 8 amide bonds. The minimum atomic E-state index is -1.02. The van der Waals surface area contributed by atoms with E-state index in [9.17, 15) is 38.4 Å². The summed E-state index contributed by atoms with van der Waals surface area (Å²) in [6.07, 6.45) is 3.90. The Morgan fingerprint density at radius 2 is 1.54 bits per heavy atom. The molecule has 1 unspecified atom stereocenters. The van der Waals surface area contributed by atoms with E-state index in [1.165, 1.54) is 20.0 Å². The zero-order chi connectivity index (χ0) is 35.6. The van der Waals surface area contributed by atoms with Gasteiger partial charge in [0.1, 0.15) is 24.4 Å². The van der Waals surface area contributed by atoms with Crippen LogP contribution in [-0.4, -0.2) is 91.8 Å². The number of alkyl carbamates (subject to hydrolysis) is 1. The Morgan fingerprint density at radius 3 is 2.15 bits per heavy atom. The molecule has 17 heteroatoms. The first-order chi connectivity index (χ1) is 22.8. The van der Waals surface area contributed by atoms with Crippen molar-refractivity contribution in [1.82, 2.24) is 26.2 Å². The van der Waals surface area contributed by atoms with E-state index in [0.717, 1.165) is 4.90 Å². The van der Waals surface area contributed by atoms with Crippen molar-refractivity contribution >= 4 is 60.9 Å². The van der Waals surface area contributed by atoms with Crippen molar-refractivity contribution in [3.63, 3.8) is 0 Å². The zero-order valence-corrected chi connectivity index (χ0v) is 27.5. The smallest absolute Gasteiger partial charge is 0.407 e. The maximum atomic E-state index is 13.3. The average Bonchev–Trinajstić information content (AvgIpc) is 3.35. The second kappa shape index (κ2) is 20.1. The van der Waals surface area contributed by atoms with Crippen LogP contribution in [0.1, 0.15) is 57.9 Å². The van der Waals surface area contributed by atoms with Gasteiger partial charge in [0.2, 0.25) is 17.7 Å². The fraction of sp³-hybridized carbons (Fsp3) is 0.484. The van der Waals surface area contributed by atoms with Gasteiger partial charge in [-0.2, -0.15) is 0 Å². The standard InChI is InChI=1S/C31H44BN7O9/c1-19(2)27(38-24(41)8-4-3-5-16-39-25(42)13-14-26(39)43)29(45)37-22(7-6-15-34-30(33)46)28(44)36-21-11-9-20(10-12-21)18-48-31(47)35-17-23(32)40/h9-14,19,22,27H,3-8,15-18,32H2,1-2H3,(H,35,47)(H,36,44)(H,37,45)(H,38,41)(H3,33,34,46)/t22-,27?/m0/s1. The van der Waals surface area contributed by atoms with Crippen LogP contribution in [0.25, 0.3) is 0 Å². The number of hydrogen-bond acceptors (Lipinski definition) is 9. The number of imide groups is 1. The average molecular weight is 670 g/mol. The van der Waals surface area contributed by atoms with E-state index in [0.29, 0.717) is 36.9 Å². The second-order valence-electron chi connectivity index (χ2n) is 11.6. The molecule has 1 aliphatic rings. The number of nitrogens with one attached hydrogen (secondary N) is 5. The van der Waals surface area contributed by atoms with E-state index in [-0.39, 0.29) is 68.4 Å². The van der Waals surface area contributed by atoms with Gasteiger partial charge in [-0.1, -0.05) is 32.4 Å². The van der Waals surface area contributed by atoms with Crippen LogP contribution < -0.4 is 32.3 Å². The Hall–Kier alpha value is -5.22. The molecule has 48 heavy (non-hydrogen) atoms. The molecular formula is C31H44BN7O9. The molecule has 1 aliphatic heterocycles. The minimum absolute atomic E-state index is 0.0653. The Labute approximate surface area is 279 Å². The Morgan fingerprint density at radius 1 is 0.875 bits per heavy atom. The summed E-state index contributed by atoms with van der Waals surface area (Å²) in [6.45, 7) is 3.74. The first-order valence-electron chi connectivity index (χ1n) is 15.7. The molecule has 0 fully saturated rings. The lowest BCUT2D eigenvalue weighted by Gasteiger charge is -2.25. The van der Waals surface area contributed by atoms with Crippen molar-refractivity contribution in [2.24, 2.45) is 11.7 Å². The Bertz CT molecular complexity index is 1350. The van der Waals surface area contributed by atoms with E-state index in [1.54, 1.807) is 38.1 Å². The summed E-state index contributed by atoms with van der Waals surface area (Å²) < 4.78 is 5.05. The van der Waals surface area contributed by atoms with Crippen LogP contribution in [0.2, 0.25) is 0 Å². The molecule has 0 bridgehead atoms. The summed E-state index contributed by atoms with van der Waals surface area (Å²) in [5.41, 5.74) is 5.93. The van der Waals surface area contributed by atoms with Gasteiger partial charge in [0.15, 0.2) is 7.85 Å². The number of hydrogen-bond donors (Lipinski definition) is 6. The summed E-state index contributed by atoms with van der Waals surface area (Å²) in [5.74, 6) is -2.47. The third-order valence-corrected chi connectivity index (χ3v) is 7.13. The highest BCUT2D eigenvalue weighted by Gasteiger charge is 2.29. The van der Waals surface area contributed by atoms with Crippen molar-refractivity contribution in [3.8, 4) is 0 Å². The van der Waals surface area contributed by atoms with Crippen molar-refractivity contribution in [2.75, 3.05) is 25.0 Å². The number of nitrogens with zero attached hydrogens (tertiary/aromatic N) is 1. The lowest BCUT2D eigenvalue weighted by atomic mass is 10.0. The fourth-order valence-electron chi connectivity index (χ4n) is 4.52. The number of unbranched alkanes of at least 4 members (excludes halogenated alkanes) is 2. The maximum Gasteiger partial charge on any atom is 0.407 e. The first-order valence-corrected chi connectivity index (χ1v) is 15.7. The number of anilines is 1. The predicted octanol–water partition coefficient (Wildman–Crippen LogP) is -0.429. The third-order valence-electron chi connectivity index (χ3n) is 7.13. The summed E-state index contributed by atoms with van der Waals surface area (Å²) in [6, 6.07) is 3.76. The molecule has 260 valence electrons. The number of rotatable bonds is 20. The predicted molar refractivity (Wildman–Crippen MR) is 177 cm³/mol. The molecule has 0 aromatic heterocycles. The molecule has 7 N–H and O–H groups in total. The first kappa shape index (κ1) is 39.0. The van der Waals surface area contributed by atoms with Gasteiger partial charge in [-0.3, -0.25) is 28.9 Å². The summed E-state index contributed by atoms with van der Waals surface area (Å²) >= 11 is 0. The number of urea groups is 1. The van der Waals surface area contributed by atoms with Crippen molar-refractivity contribution in [1.29, 1.82) is 0 Å². The van der Waals surface area contributed by atoms with Crippen molar-refractivity contribution in [2.45, 2.75) is 71.1 Å². The molecule has 0 spiro atoms. The van der Waals surface area contributed by atoms with Crippen molar-refractivity contribution in [3.05, 3.63) is 42.0 Å². The third kappa shape index (κ3) is 14.5. The molecule has 0 saturated heterocycles. The highest BCUT2D eigenvalue weighted by atomic mass is 16.5. The summed E-state index contributed by atoms with van der Waals surface area (Å²) in [7, 11) is 1.33.